The van der Waals surface area contributed by atoms with Crippen molar-refractivity contribution >= 4 is 43.1 Å². The first-order valence-electron chi connectivity index (χ1n) is 11.9. The van der Waals surface area contributed by atoms with Gasteiger partial charge in [0.1, 0.15) is 40.2 Å². The highest BCUT2D eigenvalue weighted by molar-refractivity contribution is 6.23. The summed E-state index contributed by atoms with van der Waals surface area (Å²) >= 11 is 0. The van der Waals surface area contributed by atoms with Crippen LogP contribution in [0.25, 0.3) is 54.2 Å². The minimum absolute atomic E-state index is 0.00363. The van der Waals surface area contributed by atoms with Gasteiger partial charge in [0.15, 0.2) is 0 Å². The van der Waals surface area contributed by atoms with E-state index in [9.17, 15) is 20.4 Å². The first-order chi connectivity index (χ1) is 18.4. The number of hydrogen-bond acceptors (Lipinski definition) is 7. The Morgan fingerprint density at radius 3 is 1.92 bits per heavy atom. The van der Waals surface area contributed by atoms with E-state index >= 15 is 0 Å². The third-order valence-electron chi connectivity index (χ3n) is 7.09. The lowest BCUT2D eigenvalue weighted by atomic mass is 9.88. The van der Waals surface area contributed by atoms with Gasteiger partial charge in [0.05, 0.1) is 21.3 Å². The summed E-state index contributed by atoms with van der Waals surface area (Å²) in [7, 11) is 4.59. The predicted octanol–water partition coefficient (Wildman–Crippen LogP) is 6.81. The highest BCUT2D eigenvalue weighted by Crippen LogP contribution is 2.51. The molecule has 0 saturated heterocycles. The third-order valence-corrected chi connectivity index (χ3v) is 7.09. The Hall–Kier alpha value is -5.04. The monoisotopic (exact) mass is 508 g/mol. The zero-order valence-electron chi connectivity index (χ0n) is 20.9. The molecule has 38 heavy (non-hydrogen) atoms. The number of methoxy groups -OCH3 is 3. The van der Waals surface area contributed by atoms with Gasteiger partial charge in [-0.3, -0.25) is 0 Å². The molecule has 6 aromatic rings. The zero-order valence-corrected chi connectivity index (χ0v) is 20.9. The number of fused-ring (bicyclic) bond motifs is 6. The summed E-state index contributed by atoms with van der Waals surface area (Å²) in [5, 5.41) is 47.8. The van der Waals surface area contributed by atoms with E-state index < -0.39 is 0 Å². The smallest absolute Gasteiger partial charge is 0.131 e. The first-order valence-corrected chi connectivity index (χ1v) is 11.9. The molecular formula is C31H24O7. The number of aromatic hydroxyl groups is 4. The zero-order chi connectivity index (χ0) is 26.7. The van der Waals surface area contributed by atoms with E-state index in [2.05, 4.69) is 0 Å². The summed E-state index contributed by atoms with van der Waals surface area (Å²) in [6, 6.07) is 18.6. The molecule has 7 heteroatoms. The largest absolute Gasteiger partial charge is 0.508 e. The second-order valence-corrected chi connectivity index (χ2v) is 9.04. The van der Waals surface area contributed by atoms with Gasteiger partial charge in [-0.1, -0.05) is 24.3 Å². The maximum atomic E-state index is 11.0. The van der Waals surface area contributed by atoms with Crippen molar-refractivity contribution in [1.82, 2.24) is 0 Å². The molecule has 0 spiro atoms. The number of hydrogen-bond donors (Lipinski definition) is 4. The Labute approximate surface area is 217 Å². The van der Waals surface area contributed by atoms with E-state index in [-0.39, 0.29) is 23.0 Å². The molecule has 0 aliphatic rings. The summed E-state index contributed by atoms with van der Waals surface area (Å²) in [6.07, 6.45) is 0. The Morgan fingerprint density at radius 1 is 0.500 bits per heavy atom. The maximum Gasteiger partial charge on any atom is 0.131 e. The van der Waals surface area contributed by atoms with Crippen LogP contribution in [-0.2, 0) is 0 Å². The van der Waals surface area contributed by atoms with Crippen LogP contribution in [0.2, 0.25) is 0 Å². The molecule has 190 valence electrons. The number of benzene rings is 6. The summed E-state index contributed by atoms with van der Waals surface area (Å²) in [5.74, 6) is 1.45. The molecule has 0 aromatic heterocycles. The van der Waals surface area contributed by atoms with Gasteiger partial charge in [-0.2, -0.15) is 0 Å². The molecule has 4 N–H and O–H groups in total. The van der Waals surface area contributed by atoms with Crippen molar-refractivity contribution in [1.29, 1.82) is 0 Å². The highest BCUT2D eigenvalue weighted by Gasteiger charge is 2.23. The van der Waals surface area contributed by atoms with Crippen LogP contribution in [0.1, 0.15) is 0 Å². The minimum atomic E-state index is -0.00867. The number of phenols is 4. The van der Waals surface area contributed by atoms with Crippen molar-refractivity contribution in [2.24, 2.45) is 0 Å². The van der Waals surface area contributed by atoms with Gasteiger partial charge in [0.2, 0.25) is 0 Å². The summed E-state index contributed by atoms with van der Waals surface area (Å²) in [5.41, 5.74) is 1.36. The van der Waals surface area contributed by atoms with E-state index in [0.717, 1.165) is 0 Å². The second-order valence-electron chi connectivity index (χ2n) is 9.04. The van der Waals surface area contributed by atoms with Crippen molar-refractivity contribution in [3.63, 3.8) is 0 Å². The molecule has 0 fully saturated rings. The molecule has 7 nitrogen and oxygen atoms in total. The fraction of sp³-hybridized carbons (Fsp3) is 0.0968. The summed E-state index contributed by atoms with van der Waals surface area (Å²) < 4.78 is 17.1. The lowest BCUT2D eigenvalue weighted by molar-refractivity contribution is 0.399. The Balaban J connectivity index is 1.84. The lowest BCUT2D eigenvalue weighted by Gasteiger charge is -2.20. The molecule has 0 aliphatic carbocycles. The highest BCUT2D eigenvalue weighted by atomic mass is 16.5. The van der Waals surface area contributed by atoms with E-state index in [4.69, 9.17) is 14.2 Å². The van der Waals surface area contributed by atoms with Gasteiger partial charge >= 0.3 is 0 Å². The first kappa shape index (κ1) is 23.4. The Morgan fingerprint density at radius 2 is 1.18 bits per heavy atom. The van der Waals surface area contributed by atoms with Gasteiger partial charge in [-0.15, -0.1) is 0 Å². The lowest BCUT2D eigenvalue weighted by Crippen LogP contribution is -1.96. The van der Waals surface area contributed by atoms with Gasteiger partial charge < -0.3 is 34.6 Å². The van der Waals surface area contributed by atoms with Crippen LogP contribution < -0.4 is 14.2 Å². The minimum Gasteiger partial charge on any atom is -0.508 e. The maximum absolute atomic E-state index is 11.0. The molecule has 0 amide bonds. The van der Waals surface area contributed by atoms with Crippen LogP contribution in [0, 0.1) is 0 Å². The number of ether oxygens (including phenoxy) is 3. The van der Waals surface area contributed by atoms with Crippen molar-refractivity contribution in [3.05, 3.63) is 66.7 Å². The average Bonchev–Trinajstić information content (AvgIpc) is 2.92. The summed E-state index contributed by atoms with van der Waals surface area (Å²) in [4.78, 5) is 0. The van der Waals surface area contributed by atoms with E-state index in [1.807, 2.05) is 12.1 Å². The standard InChI is InChI=1S/C31H24O7/c1-36-24-12-16(32)11-15-7-8-18-17(9-10-22(34)29(18)27(15)24)28-20-13-23(35)19-5-4-6-21(33)30(19)31(20)26(38-3)14-25(28)37-2/h4-14,32-35H,1-3H3. The average molecular weight is 509 g/mol. The molecule has 0 aliphatic heterocycles. The molecule has 0 unspecified atom stereocenters. The molecule has 6 rings (SSSR count). The second kappa shape index (κ2) is 8.52. The van der Waals surface area contributed by atoms with Gasteiger partial charge in [0, 0.05) is 50.0 Å². The molecule has 0 radical (unpaired) electrons. The number of rotatable bonds is 4. The van der Waals surface area contributed by atoms with Crippen LogP contribution >= 0.6 is 0 Å². The molecular weight excluding hydrogens is 484 g/mol. The van der Waals surface area contributed by atoms with Gasteiger partial charge in [-0.05, 0) is 46.7 Å². The van der Waals surface area contributed by atoms with Crippen LogP contribution in [0.4, 0.5) is 0 Å². The van der Waals surface area contributed by atoms with Crippen molar-refractivity contribution in [2.45, 2.75) is 0 Å². The SMILES string of the molecule is COc1cc(OC)c2c(cc(O)c3cccc(O)c32)c1-c1ccc(O)c2c1ccc1cc(O)cc(OC)c12. The van der Waals surface area contributed by atoms with Gasteiger partial charge in [-0.25, -0.2) is 0 Å². The topological polar surface area (TPSA) is 109 Å². The summed E-state index contributed by atoms with van der Waals surface area (Å²) in [6.45, 7) is 0. The third kappa shape index (κ3) is 3.22. The quantitative estimate of drug-likeness (QED) is 0.194. The van der Waals surface area contributed by atoms with Crippen molar-refractivity contribution in [2.75, 3.05) is 21.3 Å². The molecule has 0 bridgehead atoms. The molecule has 6 aromatic carbocycles. The van der Waals surface area contributed by atoms with Crippen LogP contribution in [-0.4, -0.2) is 41.8 Å². The van der Waals surface area contributed by atoms with Crippen LogP contribution in [0.3, 0.4) is 0 Å². The molecule has 0 atom stereocenters. The molecule has 0 saturated carbocycles. The fourth-order valence-corrected chi connectivity index (χ4v) is 5.50. The van der Waals surface area contributed by atoms with E-state index in [1.54, 1.807) is 55.6 Å². The predicted molar refractivity (Wildman–Crippen MR) is 148 cm³/mol. The normalized spacial score (nSPS) is 11.4. The van der Waals surface area contributed by atoms with Crippen LogP contribution in [0.15, 0.2) is 66.7 Å². The van der Waals surface area contributed by atoms with Crippen molar-refractivity contribution < 1.29 is 34.6 Å². The Bertz CT molecular complexity index is 1920. The van der Waals surface area contributed by atoms with Crippen molar-refractivity contribution in [3.8, 4) is 51.4 Å². The van der Waals surface area contributed by atoms with Gasteiger partial charge in [0.25, 0.3) is 0 Å². The fourth-order valence-electron chi connectivity index (χ4n) is 5.50. The van der Waals surface area contributed by atoms with Crippen LogP contribution in [0.5, 0.6) is 40.2 Å². The number of phenolic OH excluding ortho intramolecular Hbond substituents is 4. The Kier molecular flexibility index (Phi) is 5.24. The van der Waals surface area contributed by atoms with E-state index in [0.29, 0.717) is 71.5 Å². The van der Waals surface area contributed by atoms with E-state index in [1.165, 1.54) is 20.3 Å². The molecule has 0 heterocycles.